The molecule has 0 spiro atoms. The number of hydrogen-bond donors (Lipinski definition) is 0. The largest absolute Gasteiger partial charge is 3.00 e. The van der Waals surface area contributed by atoms with Crippen LogP contribution >= 0.6 is 0 Å². The van der Waals surface area contributed by atoms with Gasteiger partial charge < -0.3 is 42.6 Å². The number of rotatable bonds is 12. The molecule has 0 atom stereocenters. The third kappa shape index (κ3) is 18.4. The van der Waals surface area contributed by atoms with E-state index in [1.165, 1.54) is 142 Å². The van der Waals surface area contributed by atoms with Crippen LogP contribution < -0.4 is 14.7 Å². The molecule has 0 unspecified atom stereocenters. The van der Waals surface area contributed by atoms with Crippen molar-refractivity contribution >= 4 is 153 Å². The quantitative estimate of drug-likeness (QED) is 0.0670. The Morgan fingerprint density at radius 1 is 0.268 bits per heavy atom. The van der Waals surface area contributed by atoms with Crippen molar-refractivity contribution < 1.29 is 60.3 Å². The zero-order chi connectivity index (χ0) is 95.5. The van der Waals surface area contributed by atoms with Gasteiger partial charge in [-0.25, -0.2) is 0 Å². The van der Waals surface area contributed by atoms with Gasteiger partial charge >= 0.3 is 60.3 Å². The van der Waals surface area contributed by atoms with Crippen LogP contribution in [0.1, 0.15) is 152 Å². The van der Waals surface area contributed by atoms with E-state index in [-0.39, 0.29) is 60.3 Å². The van der Waals surface area contributed by atoms with Crippen molar-refractivity contribution in [2.45, 2.75) is 119 Å². The average molecular weight is 2380 g/mol. The van der Waals surface area contributed by atoms with Gasteiger partial charge in [-0.2, -0.15) is 111 Å². The van der Waals surface area contributed by atoms with Gasteiger partial charge in [-0.1, -0.05) is 256 Å². The summed E-state index contributed by atoms with van der Waals surface area (Å²) in [6, 6.07) is 118. The van der Waals surface area contributed by atoms with Crippen molar-refractivity contribution in [3.63, 3.8) is 0 Å². The maximum atomic E-state index is 5.37. The van der Waals surface area contributed by atoms with E-state index in [4.69, 9.17) is 15.0 Å². The number of hydrogen-bond acceptors (Lipinski definition) is 10. The first-order chi connectivity index (χ1) is 67.7. The first-order valence-corrected chi connectivity index (χ1v) is 48.4. The number of imidazole rings is 3. The molecule has 0 N–H and O–H groups in total. The van der Waals surface area contributed by atoms with Crippen LogP contribution in [0.15, 0.2) is 341 Å². The third-order valence-electron chi connectivity index (χ3n) is 27.1. The molecule has 7 aromatic heterocycles. The summed E-state index contributed by atoms with van der Waals surface area (Å²) < 4.78 is 6.90. The zero-order valence-electron chi connectivity index (χ0n) is 82.3. The van der Waals surface area contributed by atoms with Gasteiger partial charge in [-0.15, -0.1) is 93.9 Å². The van der Waals surface area contributed by atoms with E-state index < -0.39 is 0 Å². The summed E-state index contributed by atoms with van der Waals surface area (Å²) in [6.45, 7) is 33.3. The standard InChI is InChI=1S/C35H29N2.C33H27N2.C28H24N3.3C10H10N2.3Ir/c1-21(2)23-18-11-19-24(22(3)4)32(23)31-20-37-34-29-16-9-6-13-26(29)25-12-5-7-14-27(25)33(34)28-15-8-10-17-30(28)35(37)36-31;1-19(2)24-12-8-13-25(20(3)4)31(24)28-18-35-32-26-11-6-5-9-22(26)17-23-16-15-21-10-7-14-27(33(35)34-28)29(21)30(23)32;1-16(2)19-8-6-9-20(17(3)4)26(19)23-15-31-24-13-14-29-22-12-11-18-7-5-10-21(28(31)30-23)25(18)27(22)24;3*1-11-7-8-12(9-11)10-5-3-2-4-6-10;;;/h5-16,18-22H,1-4H3;5-13,15-20H,1-4H3;5-9,11-17H,1-4H3;3*2-5,7-9H,1H3;;;/q3*-1;3*-2;3*+3. The van der Waals surface area contributed by atoms with Gasteiger partial charge in [0, 0.05) is 68.8 Å². The SMILES string of the molecule is CC(C)c1cccc(C(C)C)c1-c1cn2c(n1)c1[c-]ccc3ccc4cc5ccccc5c2c4c31.CC(C)c1cccc(C(C)C)c1-c1cn2c(n1)c1[c-]cccc1c1c3ccccc3c3ccccc3c12.CC(C)c1cccc(C(C)C)c1-c1cn2c3ccnc4ccc5cc[c-]c(c5c43)c2n1.CN1C=CN(c2[c-]cccc2)[CH-]1.CN1C=CN(c2[c-]cccc2)[CH-]1.CN1C=CN(c2[c-]cccc2)[CH-]1.[Ir+3].[Ir+3].[Ir+3]. The number of anilines is 3. The van der Waals surface area contributed by atoms with E-state index in [9.17, 15) is 0 Å². The number of pyridine rings is 4. The van der Waals surface area contributed by atoms with E-state index in [0.29, 0.717) is 35.5 Å². The predicted octanol–water partition coefficient (Wildman–Crippen LogP) is 31.6. The second-order valence-corrected chi connectivity index (χ2v) is 38.3. The summed E-state index contributed by atoms with van der Waals surface area (Å²) in [5.74, 6) is 2.49. The maximum absolute atomic E-state index is 5.37. The minimum absolute atomic E-state index is 0. The van der Waals surface area contributed by atoms with Crippen LogP contribution in [-0.2, 0) is 60.3 Å². The molecule has 706 valence electrons. The molecule has 16 aromatic carbocycles. The first-order valence-electron chi connectivity index (χ1n) is 48.4. The van der Waals surface area contributed by atoms with Gasteiger partial charge in [-0.3, -0.25) is 19.9 Å². The molecule has 23 aromatic rings. The van der Waals surface area contributed by atoms with Crippen LogP contribution in [0.5, 0.6) is 0 Å². The Kier molecular flexibility index (Phi) is 28.9. The van der Waals surface area contributed by atoms with Crippen molar-refractivity contribution in [1.29, 1.82) is 0 Å². The molecule has 0 fully saturated rings. The van der Waals surface area contributed by atoms with Crippen LogP contribution in [-0.4, -0.2) is 69.0 Å². The van der Waals surface area contributed by atoms with E-state index in [1.54, 1.807) is 0 Å². The van der Waals surface area contributed by atoms with Gasteiger partial charge in [0.1, 0.15) is 0 Å². The Balaban J connectivity index is 0.000000119. The molecule has 0 aliphatic carbocycles. The van der Waals surface area contributed by atoms with E-state index in [1.807, 2.05) is 205 Å². The summed E-state index contributed by atoms with van der Waals surface area (Å²) in [4.78, 5) is 32.7. The summed E-state index contributed by atoms with van der Waals surface area (Å²) in [5.41, 5.74) is 25.8. The van der Waals surface area contributed by atoms with Crippen LogP contribution in [0.3, 0.4) is 0 Å². The molecule has 16 heteroatoms. The monoisotopic (exact) mass is 2380 g/mol. The molecule has 0 saturated heterocycles. The van der Waals surface area contributed by atoms with Crippen LogP contribution in [0.25, 0.3) is 170 Å². The molecular weight excluding hydrogens is 2270 g/mol. The molecule has 0 saturated carbocycles. The first kappa shape index (κ1) is 98.3. The van der Waals surface area contributed by atoms with Gasteiger partial charge in [0.15, 0.2) is 0 Å². The fourth-order valence-corrected chi connectivity index (χ4v) is 20.6. The molecule has 0 radical (unpaired) electrons. The minimum atomic E-state index is 0. The van der Waals surface area contributed by atoms with Crippen molar-refractivity contribution in [3.05, 3.63) is 431 Å². The Labute approximate surface area is 872 Å². The van der Waals surface area contributed by atoms with E-state index in [0.717, 1.165) is 78.3 Å². The number of benzene rings is 16. The topological polar surface area (TPSA) is 84.2 Å². The Morgan fingerprint density at radius 2 is 0.627 bits per heavy atom. The molecule has 0 amide bonds. The van der Waals surface area contributed by atoms with Crippen molar-refractivity contribution in [2.24, 2.45) is 0 Å². The Morgan fingerprint density at radius 3 is 1.06 bits per heavy atom. The van der Waals surface area contributed by atoms with Crippen LogP contribution in [0.2, 0.25) is 0 Å². The van der Waals surface area contributed by atoms with E-state index >= 15 is 0 Å². The molecule has 142 heavy (non-hydrogen) atoms. The Hall–Kier alpha value is -13.9. The average Bonchev–Trinajstić information content (AvgIpc) is 1.38. The van der Waals surface area contributed by atoms with Crippen molar-refractivity contribution in [1.82, 2.24) is 47.8 Å². The summed E-state index contributed by atoms with van der Waals surface area (Å²) in [7, 11) is 6.00. The number of aromatic nitrogens is 7. The molecule has 0 bridgehead atoms. The van der Waals surface area contributed by atoms with Crippen molar-refractivity contribution in [2.75, 3.05) is 35.8 Å². The second kappa shape index (κ2) is 41.7. The van der Waals surface area contributed by atoms with Gasteiger partial charge in [0.25, 0.3) is 0 Å². The van der Waals surface area contributed by atoms with Crippen LogP contribution in [0.4, 0.5) is 17.1 Å². The van der Waals surface area contributed by atoms with Gasteiger partial charge in [0.05, 0.1) is 39.5 Å². The normalized spacial score (nSPS) is 13.0. The molecule has 13 nitrogen and oxygen atoms in total. The number of fused-ring (bicyclic) bond motifs is 19. The summed E-state index contributed by atoms with van der Waals surface area (Å²) >= 11 is 0. The summed E-state index contributed by atoms with van der Waals surface area (Å²) in [5, 5.41) is 21.9. The third-order valence-corrected chi connectivity index (χ3v) is 27.1. The maximum Gasteiger partial charge on any atom is 3.00 e. The van der Waals surface area contributed by atoms with Crippen molar-refractivity contribution in [3.8, 4) is 33.8 Å². The molecule has 3 aliphatic heterocycles. The second-order valence-electron chi connectivity index (χ2n) is 38.3. The van der Waals surface area contributed by atoms with Gasteiger partial charge in [0.2, 0.25) is 0 Å². The molecule has 10 heterocycles. The fraction of sp³-hybridized carbons (Fsp3) is 0.167. The summed E-state index contributed by atoms with van der Waals surface area (Å²) in [6.07, 6.45) is 20.7. The van der Waals surface area contributed by atoms with E-state index in [2.05, 4.69) is 344 Å². The predicted molar refractivity (Wildman–Crippen MR) is 583 cm³/mol. The molecule has 3 aliphatic rings. The number of para-hydroxylation sites is 3. The number of nitrogens with zero attached hydrogens (tertiary/aromatic N) is 13. The molecule has 26 rings (SSSR count). The van der Waals surface area contributed by atoms with Crippen LogP contribution in [0, 0.1) is 56.4 Å². The Bertz CT molecular complexity index is 8290. The smallest absolute Gasteiger partial charge is 0.510 e. The fourth-order valence-electron chi connectivity index (χ4n) is 20.6. The van der Waals surface area contributed by atoms with Gasteiger partial charge in [-0.05, 0) is 189 Å². The molecular formula is C126H110Ir3N13. The minimum Gasteiger partial charge on any atom is -0.510 e. The zero-order valence-corrected chi connectivity index (χ0v) is 89.5.